The molecule has 27 heavy (non-hydrogen) atoms. The summed E-state index contributed by atoms with van der Waals surface area (Å²) < 4.78 is 41.0. The number of carbonyl (C=O) groups is 2. The van der Waals surface area contributed by atoms with Gasteiger partial charge in [0, 0.05) is 19.5 Å². The number of halogens is 3. The first-order valence-electron chi connectivity index (χ1n) is 8.77. The van der Waals surface area contributed by atoms with E-state index in [0.29, 0.717) is 25.9 Å². The van der Waals surface area contributed by atoms with Gasteiger partial charge in [0.15, 0.2) is 0 Å². The van der Waals surface area contributed by atoms with E-state index in [4.69, 9.17) is 5.11 Å². The number of amides is 1. The van der Waals surface area contributed by atoms with Gasteiger partial charge in [-0.15, -0.1) is 0 Å². The van der Waals surface area contributed by atoms with Gasteiger partial charge in [-0.05, 0) is 37.3 Å². The largest absolute Gasteiger partial charge is 0.481 e. The van der Waals surface area contributed by atoms with Gasteiger partial charge in [0.25, 0.3) is 0 Å². The molecule has 1 saturated heterocycles. The molecule has 1 aliphatic rings. The molecule has 0 bridgehead atoms. The zero-order valence-electron chi connectivity index (χ0n) is 14.6. The predicted octanol–water partition coefficient (Wildman–Crippen LogP) is 3.16. The number of hydrogen-bond acceptors (Lipinski definition) is 3. The number of alkyl halides is 3. The molecular formula is C18H20F3N3O3. The fraction of sp³-hybridized carbons (Fsp3) is 0.500. The van der Waals surface area contributed by atoms with Crippen LogP contribution >= 0.6 is 0 Å². The number of imidazole rings is 1. The molecule has 1 N–H and O–H groups in total. The summed E-state index contributed by atoms with van der Waals surface area (Å²) in [6.07, 6.45) is -2.64. The van der Waals surface area contributed by atoms with Crippen LogP contribution in [-0.4, -0.2) is 44.5 Å². The molecule has 1 amide bonds. The predicted molar refractivity (Wildman–Crippen MR) is 90.9 cm³/mol. The van der Waals surface area contributed by atoms with E-state index in [1.165, 1.54) is 17.0 Å². The Morgan fingerprint density at radius 2 is 2.00 bits per heavy atom. The normalized spacial score (nSPS) is 18.0. The van der Waals surface area contributed by atoms with E-state index < -0.39 is 30.4 Å². The number of benzene rings is 1. The van der Waals surface area contributed by atoms with Gasteiger partial charge in [-0.2, -0.15) is 13.2 Å². The quantitative estimate of drug-likeness (QED) is 0.861. The van der Waals surface area contributed by atoms with E-state index in [9.17, 15) is 22.8 Å². The molecule has 2 aromatic rings. The lowest BCUT2D eigenvalue weighted by Crippen LogP contribution is -2.42. The number of carboxylic acids is 1. The molecule has 6 nitrogen and oxygen atoms in total. The van der Waals surface area contributed by atoms with Gasteiger partial charge >= 0.3 is 12.1 Å². The third-order valence-electron chi connectivity index (χ3n) is 4.84. The van der Waals surface area contributed by atoms with E-state index in [1.807, 2.05) is 0 Å². The van der Waals surface area contributed by atoms with Crippen molar-refractivity contribution in [2.24, 2.45) is 5.92 Å². The van der Waals surface area contributed by atoms with Crippen LogP contribution in [0.2, 0.25) is 0 Å². The third-order valence-corrected chi connectivity index (χ3v) is 4.84. The second kappa shape index (κ2) is 7.58. The number of carboxylic acid groups (broad SMARTS) is 1. The van der Waals surface area contributed by atoms with Crippen molar-refractivity contribution < 1.29 is 27.9 Å². The topological polar surface area (TPSA) is 75.4 Å². The van der Waals surface area contributed by atoms with Gasteiger partial charge in [-0.25, -0.2) is 4.98 Å². The van der Waals surface area contributed by atoms with E-state index >= 15 is 0 Å². The molecule has 1 aromatic heterocycles. The second-order valence-electron chi connectivity index (χ2n) is 6.79. The maximum absolute atomic E-state index is 13.4. The van der Waals surface area contributed by atoms with Crippen molar-refractivity contribution in [1.82, 2.24) is 14.5 Å². The molecule has 0 radical (unpaired) electrons. The van der Waals surface area contributed by atoms with E-state index in [1.54, 1.807) is 12.1 Å². The molecule has 2 heterocycles. The standard InChI is InChI=1S/C18H20F3N3O3/c19-18(20,21)17-22-13-5-1-2-6-14(13)24(17)11-15(25)23-9-3-4-12(10-23)7-8-16(26)27/h1-2,5-6,12H,3-4,7-11H2,(H,26,27). The minimum Gasteiger partial charge on any atom is -0.481 e. The summed E-state index contributed by atoms with van der Waals surface area (Å²) in [7, 11) is 0. The molecule has 1 atom stereocenters. The molecule has 146 valence electrons. The summed E-state index contributed by atoms with van der Waals surface area (Å²) >= 11 is 0. The Bertz CT molecular complexity index is 847. The number of nitrogens with zero attached hydrogens (tertiary/aromatic N) is 3. The Morgan fingerprint density at radius 3 is 2.70 bits per heavy atom. The summed E-state index contributed by atoms with van der Waals surface area (Å²) in [4.78, 5) is 28.6. The summed E-state index contributed by atoms with van der Waals surface area (Å²) in [5.41, 5.74) is 0.452. The Kier molecular flexibility index (Phi) is 5.38. The van der Waals surface area contributed by atoms with Crippen molar-refractivity contribution in [3.63, 3.8) is 0 Å². The maximum atomic E-state index is 13.4. The highest BCUT2D eigenvalue weighted by Crippen LogP contribution is 2.31. The molecule has 0 aliphatic carbocycles. The molecular weight excluding hydrogens is 363 g/mol. The smallest absolute Gasteiger partial charge is 0.449 e. The van der Waals surface area contributed by atoms with Crippen LogP contribution in [0.25, 0.3) is 11.0 Å². The molecule has 9 heteroatoms. The molecule has 0 spiro atoms. The lowest BCUT2D eigenvalue weighted by atomic mass is 9.93. The van der Waals surface area contributed by atoms with Gasteiger partial charge in [0.05, 0.1) is 11.0 Å². The van der Waals surface area contributed by atoms with Crippen LogP contribution in [0, 0.1) is 5.92 Å². The lowest BCUT2D eigenvalue weighted by molar-refractivity contribution is -0.148. The number of likely N-dealkylation sites (tertiary alicyclic amines) is 1. The summed E-state index contributed by atoms with van der Waals surface area (Å²) in [5, 5.41) is 8.80. The Hall–Kier alpha value is -2.58. The van der Waals surface area contributed by atoms with Gasteiger partial charge in [-0.1, -0.05) is 12.1 Å². The van der Waals surface area contributed by atoms with Crippen molar-refractivity contribution in [1.29, 1.82) is 0 Å². The summed E-state index contributed by atoms with van der Waals surface area (Å²) in [6.45, 7) is 0.400. The minimum absolute atomic E-state index is 0.0249. The average molecular weight is 383 g/mol. The highest BCUT2D eigenvalue weighted by molar-refractivity contribution is 5.81. The zero-order valence-corrected chi connectivity index (χ0v) is 14.6. The van der Waals surface area contributed by atoms with Gasteiger partial charge in [0.1, 0.15) is 6.54 Å². The molecule has 1 fully saturated rings. The van der Waals surface area contributed by atoms with Crippen LogP contribution in [0.3, 0.4) is 0 Å². The van der Waals surface area contributed by atoms with E-state index in [0.717, 1.165) is 11.0 Å². The highest BCUT2D eigenvalue weighted by Gasteiger charge is 2.38. The van der Waals surface area contributed by atoms with Crippen LogP contribution in [-0.2, 0) is 22.3 Å². The monoisotopic (exact) mass is 383 g/mol. The van der Waals surface area contributed by atoms with Crippen molar-refractivity contribution in [3.8, 4) is 0 Å². The van der Waals surface area contributed by atoms with Crippen LogP contribution < -0.4 is 0 Å². The Labute approximate surface area is 153 Å². The van der Waals surface area contributed by atoms with Crippen LogP contribution in [0.4, 0.5) is 13.2 Å². The van der Waals surface area contributed by atoms with E-state index in [-0.39, 0.29) is 23.4 Å². The number of aliphatic carboxylic acids is 1. The molecule has 0 saturated carbocycles. The zero-order chi connectivity index (χ0) is 19.6. The number of rotatable bonds is 5. The van der Waals surface area contributed by atoms with Crippen LogP contribution in [0.5, 0.6) is 0 Å². The van der Waals surface area contributed by atoms with Gasteiger partial charge < -0.3 is 14.6 Å². The number of hydrogen-bond donors (Lipinski definition) is 1. The first-order valence-corrected chi connectivity index (χ1v) is 8.77. The second-order valence-corrected chi connectivity index (χ2v) is 6.79. The van der Waals surface area contributed by atoms with Crippen LogP contribution in [0.1, 0.15) is 31.5 Å². The number of para-hydroxylation sites is 2. The lowest BCUT2D eigenvalue weighted by Gasteiger charge is -2.33. The Morgan fingerprint density at radius 1 is 1.26 bits per heavy atom. The van der Waals surface area contributed by atoms with Crippen molar-refractivity contribution >= 4 is 22.9 Å². The number of carbonyl (C=O) groups excluding carboxylic acids is 1. The SMILES string of the molecule is O=C(O)CCC1CCCN(C(=O)Cn2c(C(F)(F)F)nc3ccccc32)C1. The first kappa shape index (κ1) is 19.2. The first-order chi connectivity index (χ1) is 12.8. The summed E-state index contributed by atoms with van der Waals surface area (Å²) in [6, 6.07) is 6.19. The molecule has 1 unspecified atom stereocenters. The Balaban J connectivity index is 1.78. The number of aromatic nitrogens is 2. The van der Waals surface area contributed by atoms with Crippen molar-refractivity contribution in [2.75, 3.05) is 13.1 Å². The van der Waals surface area contributed by atoms with Crippen molar-refractivity contribution in [2.45, 2.75) is 38.4 Å². The number of piperidine rings is 1. The molecule has 1 aliphatic heterocycles. The molecule has 1 aromatic carbocycles. The highest BCUT2D eigenvalue weighted by atomic mass is 19.4. The fourth-order valence-corrected chi connectivity index (χ4v) is 3.54. The number of fused-ring (bicyclic) bond motifs is 1. The third kappa shape index (κ3) is 4.40. The average Bonchev–Trinajstić information content (AvgIpc) is 2.99. The van der Waals surface area contributed by atoms with Crippen LogP contribution in [0.15, 0.2) is 24.3 Å². The molecule has 3 rings (SSSR count). The minimum atomic E-state index is -4.66. The van der Waals surface area contributed by atoms with Gasteiger partial charge in [0.2, 0.25) is 11.7 Å². The van der Waals surface area contributed by atoms with Crippen molar-refractivity contribution in [3.05, 3.63) is 30.1 Å². The van der Waals surface area contributed by atoms with Gasteiger partial charge in [-0.3, -0.25) is 9.59 Å². The maximum Gasteiger partial charge on any atom is 0.449 e. The summed E-state index contributed by atoms with van der Waals surface area (Å²) in [5.74, 6) is -2.33. The van der Waals surface area contributed by atoms with E-state index in [2.05, 4.69) is 4.98 Å². The fourth-order valence-electron chi connectivity index (χ4n) is 3.54.